The SMILES string of the molecule is CC(C)C(=O)CCC[C@@H](C)O[N+](=O)[O-]. The van der Waals surface area contributed by atoms with Crippen LogP contribution in [-0.4, -0.2) is 17.0 Å². The van der Waals surface area contributed by atoms with Gasteiger partial charge in [-0.05, 0) is 19.8 Å². The Hall–Kier alpha value is -1.13. The van der Waals surface area contributed by atoms with Crippen LogP contribution in [0.25, 0.3) is 0 Å². The monoisotopic (exact) mass is 203 g/mol. The minimum atomic E-state index is -0.797. The van der Waals surface area contributed by atoms with E-state index in [1.807, 2.05) is 13.8 Å². The van der Waals surface area contributed by atoms with Gasteiger partial charge in [-0.25, -0.2) is 0 Å². The molecule has 1 atom stereocenters. The Bertz CT molecular complexity index is 203. The lowest BCUT2D eigenvalue weighted by atomic mass is 10.0. The highest BCUT2D eigenvalue weighted by Gasteiger charge is 2.10. The molecule has 0 spiro atoms. The topological polar surface area (TPSA) is 69.4 Å². The third-order valence-corrected chi connectivity index (χ3v) is 1.94. The zero-order valence-corrected chi connectivity index (χ0v) is 8.86. The maximum absolute atomic E-state index is 11.2. The van der Waals surface area contributed by atoms with E-state index in [2.05, 4.69) is 4.84 Å². The molecule has 14 heavy (non-hydrogen) atoms. The number of carbonyl (C=O) groups is 1. The molecule has 0 saturated carbocycles. The summed E-state index contributed by atoms with van der Waals surface area (Å²) in [5.74, 6) is 0.236. The molecule has 0 aliphatic carbocycles. The third-order valence-electron chi connectivity index (χ3n) is 1.94. The summed E-state index contributed by atoms with van der Waals surface area (Å²) in [6.45, 7) is 5.32. The van der Waals surface area contributed by atoms with Crippen molar-refractivity contribution in [3.63, 3.8) is 0 Å². The molecule has 0 aliphatic heterocycles. The maximum Gasteiger partial charge on any atom is 0.294 e. The number of rotatable bonds is 7. The Morgan fingerprint density at radius 3 is 2.43 bits per heavy atom. The van der Waals surface area contributed by atoms with Crippen molar-refractivity contribution in [1.29, 1.82) is 0 Å². The van der Waals surface area contributed by atoms with Gasteiger partial charge in [0.25, 0.3) is 5.09 Å². The molecule has 5 nitrogen and oxygen atoms in total. The maximum atomic E-state index is 11.2. The first-order valence-electron chi connectivity index (χ1n) is 4.77. The summed E-state index contributed by atoms with van der Waals surface area (Å²) in [5, 5.41) is 9.13. The van der Waals surface area contributed by atoms with E-state index >= 15 is 0 Å². The van der Waals surface area contributed by atoms with Gasteiger partial charge in [-0.1, -0.05) is 13.8 Å². The fourth-order valence-electron chi connectivity index (χ4n) is 1.05. The minimum absolute atomic E-state index is 0.0433. The fraction of sp³-hybridized carbons (Fsp3) is 0.889. The van der Waals surface area contributed by atoms with Crippen molar-refractivity contribution in [2.45, 2.75) is 46.1 Å². The van der Waals surface area contributed by atoms with Crippen LogP contribution in [0.3, 0.4) is 0 Å². The standard InChI is InChI=1S/C9H17NO4/c1-7(2)9(11)6-4-5-8(3)14-10(12)13/h7-8H,4-6H2,1-3H3/t8-/m1/s1. The normalized spacial score (nSPS) is 12.6. The molecule has 0 fully saturated rings. The summed E-state index contributed by atoms with van der Waals surface area (Å²) < 4.78 is 0. The highest BCUT2D eigenvalue weighted by molar-refractivity contribution is 5.80. The van der Waals surface area contributed by atoms with Crippen molar-refractivity contribution >= 4 is 5.78 Å². The summed E-state index contributed by atoms with van der Waals surface area (Å²) in [7, 11) is 0. The molecule has 0 aromatic heterocycles. The van der Waals surface area contributed by atoms with E-state index in [0.29, 0.717) is 19.3 Å². The van der Waals surface area contributed by atoms with Crippen LogP contribution < -0.4 is 0 Å². The average molecular weight is 203 g/mol. The van der Waals surface area contributed by atoms with Crippen LogP contribution >= 0.6 is 0 Å². The molecule has 0 aliphatic rings. The summed E-state index contributed by atoms with van der Waals surface area (Å²) in [4.78, 5) is 25.4. The van der Waals surface area contributed by atoms with Crippen LogP contribution in [0.5, 0.6) is 0 Å². The number of ketones is 1. The molecule has 0 N–H and O–H groups in total. The van der Waals surface area contributed by atoms with Gasteiger partial charge < -0.3 is 4.84 Å². The third kappa shape index (κ3) is 6.39. The number of Topliss-reactive ketones (excluding diaryl/α,β-unsaturated/α-hetero) is 1. The van der Waals surface area contributed by atoms with Gasteiger partial charge in [-0.15, -0.1) is 10.1 Å². The van der Waals surface area contributed by atoms with Crippen LogP contribution in [0.15, 0.2) is 0 Å². The highest BCUT2D eigenvalue weighted by Crippen LogP contribution is 2.08. The molecular formula is C9H17NO4. The Morgan fingerprint density at radius 2 is 2.00 bits per heavy atom. The highest BCUT2D eigenvalue weighted by atomic mass is 17.0. The smallest absolute Gasteiger partial charge is 0.294 e. The van der Waals surface area contributed by atoms with Gasteiger partial charge in [0.15, 0.2) is 0 Å². The minimum Gasteiger partial charge on any atom is -0.311 e. The van der Waals surface area contributed by atoms with E-state index in [0.717, 1.165) is 0 Å². The van der Waals surface area contributed by atoms with E-state index in [1.165, 1.54) is 0 Å². The van der Waals surface area contributed by atoms with E-state index in [-0.39, 0.29) is 11.7 Å². The number of hydrogen-bond donors (Lipinski definition) is 0. The van der Waals surface area contributed by atoms with Crippen molar-refractivity contribution < 1.29 is 14.7 Å². The second-order valence-electron chi connectivity index (χ2n) is 3.65. The predicted octanol–water partition coefficient (Wildman–Crippen LogP) is 1.98. The van der Waals surface area contributed by atoms with Crippen molar-refractivity contribution in [2.75, 3.05) is 0 Å². The molecule has 5 heteroatoms. The summed E-state index contributed by atoms with van der Waals surface area (Å²) in [6.07, 6.45) is 1.24. The number of nitrogens with zero attached hydrogens (tertiary/aromatic N) is 1. The Kier molecular flexibility index (Phi) is 5.83. The van der Waals surface area contributed by atoms with Crippen LogP contribution in [-0.2, 0) is 9.63 Å². The Balaban J connectivity index is 3.54. The second kappa shape index (κ2) is 6.34. The van der Waals surface area contributed by atoms with Crippen LogP contribution in [0.2, 0.25) is 0 Å². The predicted molar refractivity (Wildman–Crippen MR) is 51.2 cm³/mol. The average Bonchev–Trinajstić information content (AvgIpc) is 2.02. The molecule has 82 valence electrons. The summed E-state index contributed by atoms with van der Waals surface area (Å²) in [6, 6.07) is 0. The molecular weight excluding hydrogens is 186 g/mol. The lowest BCUT2D eigenvalue weighted by Gasteiger charge is -2.08. The van der Waals surface area contributed by atoms with Crippen LogP contribution in [0, 0.1) is 16.0 Å². The number of hydrogen-bond acceptors (Lipinski definition) is 4. The Labute approximate surface area is 83.5 Å². The molecule has 0 rings (SSSR count). The van der Waals surface area contributed by atoms with Gasteiger partial charge in [0, 0.05) is 12.3 Å². The summed E-state index contributed by atoms with van der Waals surface area (Å²) in [5.41, 5.74) is 0. The van der Waals surface area contributed by atoms with E-state index < -0.39 is 11.2 Å². The molecule has 0 amide bonds. The fourth-order valence-corrected chi connectivity index (χ4v) is 1.05. The second-order valence-corrected chi connectivity index (χ2v) is 3.65. The van der Waals surface area contributed by atoms with Crippen molar-refractivity contribution in [3.8, 4) is 0 Å². The van der Waals surface area contributed by atoms with Crippen molar-refractivity contribution in [1.82, 2.24) is 0 Å². The van der Waals surface area contributed by atoms with Gasteiger partial charge in [0.1, 0.15) is 11.9 Å². The zero-order chi connectivity index (χ0) is 11.1. The molecule has 0 unspecified atom stereocenters. The molecule has 0 aromatic carbocycles. The van der Waals surface area contributed by atoms with Crippen molar-refractivity contribution in [2.24, 2.45) is 5.92 Å². The lowest BCUT2D eigenvalue weighted by Crippen LogP contribution is -2.14. The van der Waals surface area contributed by atoms with Gasteiger partial charge in [0.2, 0.25) is 0 Å². The van der Waals surface area contributed by atoms with Crippen LogP contribution in [0.1, 0.15) is 40.0 Å². The van der Waals surface area contributed by atoms with Gasteiger partial charge in [0.05, 0.1) is 0 Å². The molecule has 0 heterocycles. The summed E-state index contributed by atoms with van der Waals surface area (Å²) >= 11 is 0. The molecule has 0 radical (unpaired) electrons. The molecule has 0 bridgehead atoms. The van der Waals surface area contributed by atoms with Gasteiger partial charge in [-0.2, -0.15) is 0 Å². The van der Waals surface area contributed by atoms with Crippen LogP contribution in [0.4, 0.5) is 0 Å². The number of carbonyl (C=O) groups excluding carboxylic acids is 1. The van der Waals surface area contributed by atoms with Gasteiger partial charge in [-0.3, -0.25) is 4.79 Å². The van der Waals surface area contributed by atoms with Crippen molar-refractivity contribution in [3.05, 3.63) is 10.1 Å². The molecule has 0 aromatic rings. The first-order chi connectivity index (χ1) is 6.43. The van der Waals surface area contributed by atoms with E-state index in [9.17, 15) is 14.9 Å². The quantitative estimate of drug-likeness (QED) is 0.468. The first-order valence-corrected chi connectivity index (χ1v) is 4.77. The first kappa shape index (κ1) is 12.9. The zero-order valence-electron chi connectivity index (χ0n) is 8.86. The largest absolute Gasteiger partial charge is 0.311 e. The van der Waals surface area contributed by atoms with E-state index in [1.54, 1.807) is 6.92 Å². The van der Waals surface area contributed by atoms with E-state index in [4.69, 9.17) is 0 Å². The Morgan fingerprint density at radius 1 is 1.43 bits per heavy atom. The van der Waals surface area contributed by atoms with Gasteiger partial charge >= 0.3 is 0 Å². The lowest BCUT2D eigenvalue weighted by molar-refractivity contribution is -0.767. The molecule has 0 saturated heterocycles.